The van der Waals surface area contributed by atoms with Crippen molar-refractivity contribution in [1.82, 2.24) is 5.32 Å². The molecule has 204 valence electrons. The van der Waals surface area contributed by atoms with E-state index in [4.69, 9.17) is 26.8 Å². The van der Waals surface area contributed by atoms with E-state index >= 15 is 0 Å². The van der Waals surface area contributed by atoms with Gasteiger partial charge in [-0.1, -0.05) is 48.5 Å². The molecule has 3 rings (SSSR count). The van der Waals surface area contributed by atoms with Crippen molar-refractivity contribution in [2.24, 2.45) is 17.2 Å². The van der Waals surface area contributed by atoms with Crippen LogP contribution in [0.1, 0.15) is 24.8 Å². The molecule has 0 spiro atoms. The number of anilines is 1. The van der Waals surface area contributed by atoms with Gasteiger partial charge in [-0.15, -0.1) is 0 Å². The number of hydrogen-bond donors (Lipinski definition) is 6. The number of carboxylic acid groups (broad SMARTS) is 1. The first-order valence-corrected chi connectivity index (χ1v) is 12.2. The highest BCUT2D eigenvalue weighted by Crippen LogP contribution is 2.30. The largest absolute Gasteiger partial charge is 0.480 e. The number of para-hydroxylation sites is 1. The molecule has 1 fully saturated rings. The summed E-state index contributed by atoms with van der Waals surface area (Å²) in [6, 6.07) is 16.4. The number of nitrogens with one attached hydrogen (secondary N) is 2. The van der Waals surface area contributed by atoms with Gasteiger partial charge in [-0.25, -0.2) is 0 Å². The van der Waals surface area contributed by atoms with Crippen LogP contribution in [0.3, 0.4) is 0 Å². The number of hydrogen-bond acceptors (Lipinski definition) is 9. The lowest BCUT2D eigenvalue weighted by Crippen LogP contribution is -2.62. The number of aliphatic carboxylic acids is 1. The molecule has 1 heterocycles. The highest BCUT2D eigenvalue weighted by atomic mass is 16.7. The van der Waals surface area contributed by atoms with Crippen molar-refractivity contribution >= 4 is 29.3 Å². The Morgan fingerprint density at radius 3 is 2.21 bits per heavy atom. The summed E-state index contributed by atoms with van der Waals surface area (Å²) in [5.74, 6) is -3.78. The molecule has 1 aliphatic heterocycles. The first-order chi connectivity index (χ1) is 18.2. The Labute approximate surface area is 219 Å². The summed E-state index contributed by atoms with van der Waals surface area (Å²) in [5.41, 5.74) is 18.9. The minimum absolute atomic E-state index is 0.114. The fraction of sp³-hybridized carbons (Fsp3) is 0.385. The van der Waals surface area contributed by atoms with Crippen LogP contribution in [-0.4, -0.2) is 65.1 Å². The van der Waals surface area contributed by atoms with E-state index in [9.17, 15) is 24.3 Å². The quantitative estimate of drug-likeness (QED) is 0.0965. The smallest absolute Gasteiger partial charge is 0.327 e. The number of unbranched alkanes of at least 4 members (excludes halogenated alkanes) is 1. The number of carboxylic acids is 1. The van der Waals surface area contributed by atoms with Gasteiger partial charge in [0.05, 0.1) is 5.69 Å². The van der Waals surface area contributed by atoms with Crippen LogP contribution in [0.25, 0.3) is 0 Å². The van der Waals surface area contributed by atoms with Gasteiger partial charge in [0, 0.05) is 6.42 Å². The van der Waals surface area contributed by atoms with Gasteiger partial charge < -0.3 is 32.4 Å². The molecule has 2 aromatic carbocycles. The zero-order valence-electron chi connectivity index (χ0n) is 20.7. The Kier molecular flexibility index (Phi) is 9.91. The summed E-state index contributed by atoms with van der Waals surface area (Å²) in [5, 5.41) is 12.5. The number of carbonyl (C=O) groups excluding carboxylic acids is 3. The lowest BCUT2D eigenvalue weighted by atomic mass is 9.84. The molecule has 9 N–H and O–H groups in total. The normalized spacial score (nSPS) is 19.4. The number of ketones is 1. The molecular formula is C26H33N5O7. The van der Waals surface area contributed by atoms with E-state index in [1.807, 2.05) is 6.07 Å². The molecule has 38 heavy (non-hydrogen) atoms. The van der Waals surface area contributed by atoms with E-state index < -0.39 is 53.5 Å². The van der Waals surface area contributed by atoms with E-state index in [1.54, 1.807) is 54.6 Å². The molecule has 2 aromatic rings. The molecule has 0 aromatic heterocycles. The first-order valence-electron chi connectivity index (χ1n) is 12.2. The molecule has 0 bridgehead atoms. The molecule has 1 saturated heterocycles. The number of Topliss-reactive ketones (excluding diaryl/α,β-unsaturated/α-hetero) is 1. The van der Waals surface area contributed by atoms with Crippen LogP contribution >= 0.6 is 0 Å². The van der Waals surface area contributed by atoms with Crippen molar-refractivity contribution in [3.05, 3.63) is 66.2 Å². The van der Waals surface area contributed by atoms with E-state index in [0.717, 1.165) is 5.56 Å². The maximum Gasteiger partial charge on any atom is 0.327 e. The zero-order chi connectivity index (χ0) is 27.7. The maximum atomic E-state index is 13.4. The number of ether oxygens (including phenoxy) is 1. The van der Waals surface area contributed by atoms with Crippen LogP contribution in [0.5, 0.6) is 0 Å². The second-order valence-corrected chi connectivity index (χ2v) is 9.09. The van der Waals surface area contributed by atoms with Gasteiger partial charge in [-0.05, 0) is 43.5 Å². The van der Waals surface area contributed by atoms with Crippen LogP contribution < -0.4 is 28.0 Å². The zero-order valence-corrected chi connectivity index (χ0v) is 20.7. The second kappa shape index (κ2) is 13.1. The SMILES string of the molecule is NCCCC[C@@](N)(C(=O)O)C(ONc1ccccc1)C(=O)[C@H]1O[C@@H]1C(=O)NC(Cc1ccccc1)C(N)=O. The monoisotopic (exact) mass is 527 g/mol. The molecule has 12 nitrogen and oxygen atoms in total. The summed E-state index contributed by atoms with van der Waals surface area (Å²) in [7, 11) is 0. The van der Waals surface area contributed by atoms with Crippen molar-refractivity contribution in [2.45, 2.75) is 55.6 Å². The van der Waals surface area contributed by atoms with Gasteiger partial charge in [-0.2, -0.15) is 0 Å². The van der Waals surface area contributed by atoms with Crippen molar-refractivity contribution in [2.75, 3.05) is 12.0 Å². The lowest BCUT2D eigenvalue weighted by molar-refractivity contribution is -0.155. The molecule has 0 aliphatic carbocycles. The van der Waals surface area contributed by atoms with Crippen molar-refractivity contribution in [3.63, 3.8) is 0 Å². The van der Waals surface area contributed by atoms with Crippen LogP contribution in [0.2, 0.25) is 0 Å². The lowest BCUT2D eigenvalue weighted by Gasteiger charge is -2.32. The topological polar surface area (TPSA) is 212 Å². The van der Waals surface area contributed by atoms with Gasteiger partial charge in [-0.3, -0.25) is 29.5 Å². The van der Waals surface area contributed by atoms with E-state index in [1.165, 1.54) is 0 Å². The predicted molar refractivity (Wildman–Crippen MR) is 137 cm³/mol. The summed E-state index contributed by atoms with van der Waals surface area (Å²) < 4.78 is 5.32. The molecule has 0 saturated carbocycles. The number of primary amides is 1. The van der Waals surface area contributed by atoms with Crippen molar-refractivity contribution < 1.29 is 33.9 Å². The number of carbonyl (C=O) groups is 4. The minimum Gasteiger partial charge on any atom is -0.480 e. The number of nitrogens with two attached hydrogens (primary N) is 3. The third-order valence-corrected chi connectivity index (χ3v) is 6.21. The third kappa shape index (κ3) is 7.35. The van der Waals surface area contributed by atoms with Gasteiger partial charge in [0.25, 0.3) is 5.91 Å². The van der Waals surface area contributed by atoms with E-state index in [2.05, 4.69) is 10.8 Å². The summed E-state index contributed by atoms with van der Waals surface area (Å²) >= 11 is 0. The number of rotatable bonds is 16. The second-order valence-electron chi connectivity index (χ2n) is 9.09. The van der Waals surface area contributed by atoms with Gasteiger partial charge >= 0.3 is 5.97 Å². The average Bonchev–Trinajstić information content (AvgIpc) is 3.71. The molecular weight excluding hydrogens is 494 g/mol. The predicted octanol–water partition coefficient (Wildman–Crippen LogP) is -0.141. The minimum atomic E-state index is -2.13. The van der Waals surface area contributed by atoms with Gasteiger partial charge in [0.2, 0.25) is 5.91 Å². The van der Waals surface area contributed by atoms with E-state index in [-0.39, 0.29) is 12.8 Å². The van der Waals surface area contributed by atoms with Crippen molar-refractivity contribution in [1.29, 1.82) is 0 Å². The molecule has 1 aliphatic rings. The third-order valence-electron chi connectivity index (χ3n) is 6.21. The molecule has 5 atom stereocenters. The highest BCUT2D eigenvalue weighted by Gasteiger charge is 2.58. The average molecular weight is 528 g/mol. The summed E-state index contributed by atoms with van der Waals surface area (Å²) in [6.07, 6.45) is -3.45. The molecule has 0 radical (unpaired) electrons. The van der Waals surface area contributed by atoms with Crippen molar-refractivity contribution in [3.8, 4) is 0 Å². The van der Waals surface area contributed by atoms with Gasteiger partial charge in [0.1, 0.15) is 6.04 Å². The van der Waals surface area contributed by atoms with Gasteiger partial charge in [0.15, 0.2) is 29.6 Å². The number of epoxide rings is 1. The fourth-order valence-electron chi connectivity index (χ4n) is 3.97. The Bertz CT molecular complexity index is 1120. The summed E-state index contributed by atoms with van der Waals surface area (Å²) in [6.45, 7) is 0.315. The number of benzene rings is 2. The standard InChI is InChI=1S/C26H33N5O7/c27-14-8-7-13-26(29,25(35)36)22(38-31-17-11-5-2-6-12-17)19(32)20-21(37-20)24(34)30-18(23(28)33)15-16-9-3-1-4-10-16/h1-6,9-12,18,20-22,31H,7-8,13-15,27,29H2,(H2,28,33)(H,30,34)(H,35,36)/t18?,20-,21+,22?,26+/m1/s1. The fourth-order valence-corrected chi connectivity index (χ4v) is 3.97. The molecule has 12 heteroatoms. The van der Waals surface area contributed by atoms with E-state index in [0.29, 0.717) is 25.1 Å². The maximum absolute atomic E-state index is 13.4. The number of amides is 2. The molecule has 2 unspecified atom stereocenters. The Morgan fingerprint density at radius 2 is 1.63 bits per heavy atom. The summed E-state index contributed by atoms with van der Waals surface area (Å²) in [4.78, 5) is 55.9. The molecule has 2 amide bonds. The Hall–Kier alpha value is -3.84. The Balaban J connectivity index is 1.73. The Morgan fingerprint density at radius 1 is 1.00 bits per heavy atom. The van der Waals surface area contributed by atoms with Crippen LogP contribution in [0.15, 0.2) is 60.7 Å². The van der Waals surface area contributed by atoms with Crippen LogP contribution in [-0.2, 0) is 35.2 Å². The first kappa shape index (κ1) is 28.7. The van der Waals surface area contributed by atoms with Crippen LogP contribution in [0.4, 0.5) is 5.69 Å². The highest BCUT2D eigenvalue weighted by molar-refractivity contribution is 6.02. The van der Waals surface area contributed by atoms with Crippen LogP contribution in [0, 0.1) is 0 Å².